The summed E-state index contributed by atoms with van der Waals surface area (Å²) in [7, 11) is 0. The Morgan fingerprint density at radius 2 is 1.84 bits per heavy atom. The summed E-state index contributed by atoms with van der Waals surface area (Å²) in [6.45, 7) is 5.23. The van der Waals surface area contributed by atoms with Gasteiger partial charge in [0.05, 0.1) is 6.61 Å². The predicted octanol–water partition coefficient (Wildman–Crippen LogP) is 4.14. The molecular weight excluding hydrogens is 241 g/mol. The van der Waals surface area contributed by atoms with Crippen LogP contribution in [-0.4, -0.2) is 6.61 Å². The molecule has 0 bridgehead atoms. The highest BCUT2D eigenvalue weighted by atomic mass is 19.1. The highest BCUT2D eigenvalue weighted by Crippen LogP contribution is 2.17. The van der Waals surface area contributed by atoms with E-state index < -0.39 is 0 Å². The third-order valence-electron chi connectivity index (χ3n) is 2.95. The minimum Gasteiger partial charge on any atom is -0.494 e. The molecule has 100 valence electrons. The fourth-order valence-electron chi connectivity index (χ4n) is 1.89. The Morgan fingerprint density at radius 3 is 2.47 bits per heavy atom. The van der Waals surface area contributed by atoms with E-state index in [0.29, 0.717) is 13.2 Å². The lowest BCUT2D eigenvalue weighted by Crippen LogP contribution is -2.01. The molecule has 2 nitrogen and oxygen atoms in total. The van der Waals surface area contributed by atoms with Crippen molar-refractivity contribution >= 4 is 5.69 Å². The van der Waals surface area contributed by atoms with Crippen molar-refractivity contribution in [2.24, 2.45) is 0 Å². The summed E-state index contributed by atoms with van der Waals surface area (Å²) in [5, 5.41) is 3.31. The molecule has 0 heterocycles. The van der Waals surface area contributed by atoms with Gasteiger partial charge in [0.25, 0.3) is 0 Å². The van der Waals surface area contributed by atoms with Crippen molar-refractivity contribution in [1.29, 1.82) is 0 Å². The summed E-state index contributed by atoms with van der Waals surface area (Å²) in [4.78, 5) is 0. The summed E-state index contributed by atoms with van der Waals surface area (Å²) < 4.78 is 18.4. The second-order valence-corrected chi connectivity index (χ2v) is 4.38. The molecule has 0 saturated heterocycles. The molecule has 0 radical (unpaired) electrons. The first kappa shape index (κ1) is 13.4. The van der Waals surface area contributed by atoms with Crippen LogP contribution in [0.4, 0.5) is 10.1 Å². The van der Waals surface area contributed by atoms with Gasteiger partial charge in [-0.25, -0.2) is 4.39 Å². The van der Waals surface area contributed by atoms with E-state index in [2.05, 4.69) is 5.32 Å². The molecule has 0 spiro atoms. The molecule has 0 amide bonds. The zero-order chi connectivity index (χ0) is 13.7. The summed E-state index contributed by atoms with van der Waals surface area (Å²) >= 11 is 0. The van der Waals surface area contributed by atoms with Crippen LogP contribution >= 0.6 is 0 Å². The van der Waals surface area contributed by atoms with E-state index in [1.807, 2.05) is 44.2 Å². The summed E-state index contributed by atoms with van der Waals surface area (Å²) in [6.07, 6.45) is 0. The highest BCUT2D eigenvalue weighted by Gasteiger charge is 2.00. The molecule has 0 aromatic heterocycles. The first-order valence-electron chi connectivity index (χ1n) is 6.41. The molecule has 0 fully saturated rings. The van der Waals surface area contributed by atoms with Gasteiger partial charge in [-0.15, -0.1) is 0 Å². The van der Waals surface area contributed by atoms with Crippen LogP contribution < -0.4 is 10.1 Å². The molecule has 0 aliphatic heterocycles. The Morgan fingerprint density at radius 1 is 1.11 bits per heavy atom. The normalized spacial score (nSPS) is 10.3. The van der Waals surface area contributed by atoms with Crippen LogP contribution in [0.1, 0.15) is 18.1 Å². The van der Waals surface area contributed by atoms with Crippen LogP contribution in [0.15, 0.2) is 42.5 Å². The van der Waals surface area contributed by atoms with Crippen LogP contribution in [0.5, 0.6) is 5.75 Å². The number of halogens is 1. The average molecular weight is 259 g/mol. The monoisotopic (exact) mass is 259 g/mol. The van der Waals surface area contributed by atoms with Crippen LogP contribution in [0, 0.1) is 12.7 Å². The van der Waals surface area contributed by atoms with E-state index in [1.54, 1.807) is 6.07 Å². The first-order chi connectivity index (χ1) is 9.19. The molecule has 0 saturated carbocycles. The van der Waals surface area contributed by atoms with E-state index in [-0.39, 0.29) is 5.82 Å². The Bertz CT molecular complexity index is 537. The van der Waals surface area contributed by atoms with Gasteiger partial charge < -0.3 is 10.1 Å². The van der Waals surface area contributed by atoms with Crippen LogP contribution in [0.2, 0.25) is 0 Å². The quantitative estimate of drug-likeness (QED) is 0.871. The molecule has 3 heteroatoms. The maximum Gasteiger partial charge on any atom is 0.123 e. The molecule has 19 heavy (non-hydrogen) atoms. The van der Waals surface area contributed by atoms with Crippen LogP contribution in [0.3, 0.4) is 0 Å². The highest BCUT2D eigenvalue weighted by molar-refractivity contribution is 5.47. The predicted molar refractivity (Wildman–Crippen MR) is 76.1 cm³/mol. The molecule has 0 aliphatic carbocycles. The topological polar surface area (TPSA) is 21.3 Å². The second-order valence-electron chi connectivity index (χ2n) is 4.38. The average Bonchev–Trinajstić information content (AvgIpc) is 2.40. The van der Waals surface area contributed by atoms with Gasteiger partial charge in [0.2, 0.25) is 0 Å². The third-order valence-corrected chi connectivity index (χ3v) is 2.95. The molecule has 0 atom stereocenters. The second kappa shape index (κ2) is 6.23. The SMILES string of the molecule is CCOc1ccc(NCc2ccc(F)cc2C)cc1. The fraction of sp³-hybridized carbons (Fsp3) is 0.250. The number of aryl methyl sites for hydroxylation is 1. The van der Waals surface area contributed by atoms with E-state index >= 15 is 0 Å². The third kappa shape index (κ3) is 3.71. The van der Waals surface area contributed by atoms with Gasteiger partial charge in [-0.05, 0) is 61.4 Å². The molecule has 2 aromatic rings. The number of benzene rings is 2. The van der Waals surface area contributed by atoms with Crippen molar-refractivity contribution in [3.05, 3.63) is 59.4 Å². The standard InChI is InChI=1S/C16H18FNO/c1-3-19-16-8-6-15(7-9-16)18-11-13-4-5-14(17)10-12(13)2/h4-10,18H,3,11H2,1-2H3. The summed E-state index contributed by atoms with van der Waals surface area (Å²) in [5.41, 5.74) is 3.07. The van der Waals surface area contributed by atoms with Crippen molar-refractivity contribution in [2.75, 3.05) is 11.9 Å². The molecule has 2 rings (SSSR count). The first-order valence-corrected chi connectivity index (χ1v) is 6.41. The Hall–Kier alpha value is -2.03. The van der Waals surface area contributed by atoms with E-state index in [9.17, 15) is 4.39 Å². The van der Waals surface area contributed by atoms with Gasteiger partial charge in [0.15, 0.2) is 0 Å². The maximum atomic E-state index is 13.0. The van der Waals surface area contributed by atoms with Crippen molar-refractivity contribution < 1.29 is 9.13 Å². The number of hydrogen-bond donors (Lipinski definition) is 1. The Balaban J connectivity index is 1.98. The Kier molecular flexibility index (Phi) is 4.39. The molecule has 0 unspecified atom stereocenters. The zero-order valence-electron chi connectivity index (χ0n) is 11.2. The van der Waals surface area contributed by atoms with Gasteiger partial charge in [-0.1, -0.05) is 6.07 Å². The fourth-order valence-corrected chi connectivity index (χ4v) is 1.89. The molecular formula is C16H18FNO. The smallest absolute Gasteiger partial charge is 0.123 e. The zero-order valence-corrected chi connectivity index (χ0v) is 11.2. The van der Waals surface area contributed by atoms with E-state index in [1.165, 1.54) is 6.07 Å². The van der Waals surface area contributed by atoms with Gasteiger partial charge >= 0.3 is 0 Å². The van der Waals surface area contributed by atoms with Gasteiger partial charge in [0.1, 0.15) is 11.6 Å². The number of nitrogens with one attached hydrogen (secondary N) is 1. The lowest BCUT2D eigenvalue weighted by Gasteiger charge is -2.10. The summed E-state index contributed by atoms with van der Waals surface area (Å²) in [6, 6.07) is 12.7. The van der Waals surface area contributed by atoms with Gasteiger partial charge in [-0.3, -0.25) is 0 Å². The van der Waals surface area contributed by atoms with Crippen molar-refractivity contribution in [1.82, 2.24) is 0 Å². The maximum absolute atomic E-state index is 13.0. The number of rotatable bonds is 5. The van der Waals surface area contributed by atoms with Crippen LogP contribution in [-0.2, 0) is 6.54 Å². The van der Waals surface area contributed by atoms with E-state index in [4.69, 9.17) is 4.74 Å². The number of hydrogen-bond acceptors (Lipinski definition) is 2. The Labute approximate surface area is 113 Å². The lowest BCUT2D eigenvalue weighted by atomic mass is 10.1. The minimum atomic E-state index is -0.192. The molecule has 2 aromatic carbocycles. The minimum absolute atomic E-state index is 0.192. The lowest BCUT2D eigenvalue weighted by molar-refractivity contribution is 0.340. The summed E-state index contributed by atoms with van der Waals surface area (Å²) in [5.74, 6) is 0.674. The van der Waals surface area contributed by atoms with Crippen molar-refractivity contribution in [3.8, 4) is 5.75 Å². The molecule has 0 aliphatic rings. The largest absolute Gasteiger partial charge is 0.494 e. The van der Waals surface area contributed by atoms with Crippen LogP contribution in [0.25, 0.3) is 0 Å². The van der Waals surface area contributed by atoms with Gasteiger partial charge in [0, 0.05) is 12.2 Å². The van der Waals surface area contributed by atoms with Crippen molar-refractivity contribution in [3.63, 3.8) is 0 Å². The number of ether oxygens (including phenoxy) is 1. The van der Waals surface area contributed by atoms with Gasteiger partial charge in [-0.2, -0.15) is 0 Å². The van der Waals surface area contributed by atoms with E-state index in [0.717, 1.165) is 22.6 Å². The number of anilines is 1. The molecule has 1 N–H and O–H groups in total. The van der Waals surface area contributed by atoms with Crippen molar-refractivity contribution in [2.45, 2.75) is 20.4 Å².